The van der Waals surface area contributed by atoms with Crippen LogP contribution in [0, 0.1) is 5.41 Å². The first-order valence-electron chi connectivity index (χ1n) is 5.21. The summed E-state index contributed by atoms with van der Waals surface area (Å²) in [5.74, 6) is 1.89. The molecule has 1 aromatic carbocycles. The highest BCUT2D eigenvalue weighted by molar-refractivity contribution is 8.13. The summed E-state index contributed by atoms with van der Waals surface area (Å²) < 4.78 is 11.1. The molecule has 1 aliphatic heterocycles. The van der Waals surface area contributed by atoms with Gasteiger partial charge < -0.3 is 15.2 Å². The van der Waals surface area contributed by atoms with Crippen LogP contribution in [0.2, 0.25) is 5.02 Å². The molecule has 0 atom stereocenters. The van der Waals surface area contributed by atoms with E-state index >= 15 is 0 Å². The summed E-state index contributed by atoms with van der Waals surface area (Å²) in [5, 5.41) is 7.81. The maximum absolute atomic E-state index is 7.17. The normalized spacial score (nSPS) is 14.2. The van der Waals surface area contributed by atoms with Gasteiger partial charge in [0.15, 0.2) is 16.7 Å². The molecule has 0 aromatic heterocycles. The van der Waals surface area contributed by atoms with E-state index in [1.807, 2.05) is 12.1 Å². The Morgan fingerprint density at radius 1 is 1.41 bits per heavy atom. The number of halogens is 1. The minimum Gasteiger partial charge on any atom is -0.489 e. The fraction of sp³-hybridized carbons (Fsp3) is 0.364. The van der Waals surface area contributed by atoms with E-state index in [4.69, 9.17) is 32.2 Å². The monoisotopic (exact) mass is 272 g/mol. The maximum Gasteiger partial charge on any atom is 0.179 e. The van der Waals surface area contributed by atoms with Crippen molar-refractivity contribution in [1.29, 1.82) is 5.41 Å². The zero-order valence-corrected chi connectivity index (χ0v) is 10.7. The van der Waals surface area contributed by atoms with Gasteiger partial charge in [0.25, 0.3) is 0 Å². The number of nitrogens with one attached hydrogen (secondary N) is 1. The number of rotatable bonds is 2. The van der Waals surface area contributed by atoms with Gasteiger partial charge in [0, 0.05) is 12.2 Å². The largest absolute Gasteiger partial charge is 0.489 e. The van der Waals surface area contributed by atoms with Crippen LogP contribution in [-0.4, -0.2) is 18.4 Å². The van der Waals surface area contributed by atoms with Crippen molar-refractivity contribution < 1.29 is 9.47 Å². The lowest BCUT2D eigenvalue weighted by atomic mass is 10.2. The number of thioether (sulfide) groups is 1. The highest BCUT2D eigenvalue weighted by atomic mass is 35.5. The maximum atomic E-state index is 7.17. The summed E-state index contributed by atoms with van der Waals surface area (Å²) in [5.41, 5.74) is 6.27. The SMILES string of the molecule is N=C(N)SCc1cc(Cl)c2c(c1)OCCCO2. The molecule has 3 N–H and O–H groups in total. The lowest BCUT2D eigenvalue weighted by Gasteiger charge is -2.11. The molecule has 4 nitrogen and oxygen atoms in total. The van der Waals surface area contributed by atoms with Crippen molar-refractivity contribution in [3.63, 3.8) is 0 Å². The van der Waals surface area contributed by atoms with Crippen LogP contribution in [0.5, 0.6) is 11.5 Å². The summed E-state index contributed by atoms with van der Waals surface area (Å²) in [6.07, 6.45) is 0.850. The van der Waals surface area contributed by atoms with Crippen LogP contribution >= 0.6 is 23.4 Å². The second-order valence-electron chi connectivity index (χ2n) is 3.61. The van der Waals surface area contributed by atoms with Gasteiger partial charge >= 0.3 is 0 Å². The van der Waals surface area contributed by atoms with Gasteiger partial charge in [-0.2, -0.15) is 0 Å². The quantitative estimate of drug-likeness (QED) is 0.641. The van der Waals surface area contributed by atoms with Crippen LogP contribution in [0.15, 0.2) is 12.1 Å². The van der Waals surface area contributed by atoms with Crippen LogP contribution < -0.4 is 15.2 Å². The predicted octanol–water partition coefficient (Wildman–Crippen LogP) is 2.63. The first kappa shape index (κ1) is 12.4. The number of benzene rings is 1. The third-order valence-corrected chi connectivity index (χ3v) is 3.33. The van der Waals surface area contributed by atoms with Crippen LogP contribution in [-0.2, 0) is 5.75 Å². The average molecular weight is 273 g/mol. The highest BCUT2D eigenvalue weighted by Crippen LogP contribution is 2.38. The number of amidine groups is 1. The summed E-state index contributed by atoms with van der Waals surface area (Å²) in [6.45, 7) is 1.25. The Labute approximate surface area is 109 Å². The molecule has 0 bridgehead atoms. The van der Waals surface area contributed by atoms with Gasteiger partial charge in [-0.1, -0.05) is 23.4 Å². The molecular weight excluding hydrogens is 260 g/mol. The second-order valence-corrected chi connectivity index (χ2v) is 5.03. The van der Waals surface area contributed by atoms with Gasteiger partial charge in [-0.3, -0.25) is 5.41 Å². The topological polar surface area (TPSA) is 68.3 Å². The van der Waals surface area contributed by atoms with Gasteiger partial charge in [-0.05, 0) is 17.7 Å². The van der Waals surface area contributed by atoms with E-state index in [1.165, 1.54) is 11.8 Å². The van der Waals surface area contributed by atoms with E-state index in [2.05, 4.69) is 0 Å². The van der Waals surface area contributed by atoms with Crippen molar-refractivity contribution >= 4 is 28.5 Å². The van der Waals surface area contributed by atoms with Crippen LogP contribution in [0.4, 0.5) is 0 Å². The first-order chi connectivity index (χ1) is 8.16. The molecule has 0 fully saturated rings. The van der Waals surface area contributed by atoms with Crippen LogP contribution in [0.25, 0.3) is 0 Å². The Bertz CT molecular complexity index is 440. The van der Waals surface area contributed by atoms with Crippen molar-refractivity contribution in [2.45, 2.75) is 12.2 Å². The minimum absolute atomic E-state index is 0.0910. The molecule has 6 heteroatoms. The van der Waals surface area contributed by atoms with Gasteiger partial charge in [0.05, 0.1) is 18.2 Å². The zero-order valence-electron chi connectivity index (χ0n) is 9.16. The molecule has 0 aliphatic carbocycles. The Hall–Kier alpha value is -1.07. The molecule has 1 heterocycles. The number of nitrogens with two attached hydrogens (primary N) is 1. The predicted molar refractivity (Wildman–Crippen MR) is 70.3 cm³/mol. The fourth-order valence-electron chi connectivity index (χ4n) is 1.53. The van der Waals surface area contributed by atoms with Crippen molar-refractivity contribution in [3.05, 3.63) is 22.7 Å². The molecule has 0 saturated heterocycles. The number of hydrogen-bond acceptors (Lipinski definition) is 4. The van der Waals surface area contributed by atoms with Crippen molar-refractivity contribution in [2.24, 2.45) is 5.73 Å². The van der Waals surface area contributed by atoms with Gasteiger partial charge in [-0.25, -0.2) is 0 Å². The summed E-state index contributed by atoms with van der Waals surface area (Å²) in [6, 6.07) is 3.72. The van der Waals surface area contributed by atoms with Crippen LogP contribution in [0.3, 0.4) is 0 Å². The van der Waals surface area contributed by atoms with E-state index in [-0.39, 0.29) is 5.17 Å². The minimum atomic E-state index is 0.0910. The van der Waals surface area contributed by atoms with E-state index in [1.54, 1.807) is 0 Å². The molecular formula is C11H13ClN2O2S. The molecule has 0 radical (unpaired) electrons. The Morgan fingerprint density at radius 2 is 2.18 bits per heavy atom. The number of ether oxygens (including phenoxy) is 2. The Kier molecular flexibility index (Phi) is 4.02. The number of fused-ring (bicyclic) bond motifs is 1. The molecule has 1 aromatic rings. The lowest BCUT2D eigenvalue weighted by Crippen LogP contribution is -2.04. The summed E-state index contributed by atoms with van der Waals surface area (Å²) >= 11 is 7.39. The Morgan fingerprint density at radius 3 is 2.94 bits per heavy atom. The lowest BCUT2D eigenvalue weighted by molar-refractivity contribution is 0.297. The third-order valence-electron chi connectivity index (χ3n) is 2.26. The molecule has 2 rings (SSSR count). The Balaban J connectivity index is 2.22. The van der Waals surface area contributed by atoms with E-state index < -0.39 is 0 Å². The number of hydrogen-bond donors (Lipinski definition) is 2. The molecule has 0 unspecified atom stereocenters. The van der Waals surface area contributed by atoms with Crippen LogP contribution in [0.1, 0.15) is 12.0 Å². The molecule has 17 heavy (non-hydrogen) atoms. The second kappa shape index (κ2) is 5.51. The fourth-order valence-corrected chi connectivity index (χ4v) is 2.31. The summed E-state index contributed by atoms with van der Waals surface area (Å²) in [4.78, 5) is 0. The van der Waals surface area contributed by atoms with Gasteiger partial charge in [0.2, 0.25) is 0 Å². The van der Waals surface area contributed by atoms with Crippen molar-refractivity contribution in [2.75, 3.05) is 13.2 Å². The van der Waals surface area contributed by atoms with Gasteiger partial charge in [-0.15, -0.1) is 0 Å². The third kappa shape index (κ3) is 3.20. The molecule has 92 valence electrons. The molecule has 1 aliphatic rings. The molecule has 0 saturated carbocycles. The standard InChI is InChI=1S/C11H13ClN2O2S/c12-8-4-7(6-17-11(13)14)5-9-10(8)16-3-1-2-15-9/h4-5H,1-3,6H2,(H3,13,14). The highest BCUT2D eigenvalue weighted by Gasteiger charge is 2.15. The summed E-state index contributed by atoms with van der Waals surface area (Å²) in [7, 11) is 0. The first-order valence-corrected chi connectivity index (χ1v) is 6.58. The van der Waals surface area contributed by atoms with Crippen molar-refractivity contribution in [1.82, 2.24) is 0 Å². The van der Waals surface area contributed by atoms with E-state index in [0.29, 0.717) is 35.5 Å². The zero-order chi connectivity index (χ0) is 12.3. The van der Waals surface area contributed by atoms with E-state index in [9.17, 15) is 0 Å². The molecule has 0 amide bonds. The van der Waals surface area contributed by atoms with E-state index in [0.717, 1.165) is 12.0 Å². The van der Waals surface area contributed by atoms with Gasteiger partial charge in [0.1, 0.15) is 0 Å². The average Bonchev–Trinajstić information content (AvgIpc) is 2.51. The van der Waals surface area contributed by atoms with Crippen molar-refractivity contribution in [3.8, 4) is 11.5 Å². The smallest absolute Gasteiger partial charge is 0.179 e. The molecule has 0 spiro atoms.